The third kappa shape index (κ3) is 3.96. The topological polar surface area (TPSA) is 110 Å². The van der Waals surface area contributed by atoms with Crippen molar-refractivity contribution < 1.29 is 26.4 Å². The van der Waals surface area contributed by atoms with Crippen LogP contribution >= 0.6 is 0 Å². The van der Waals surface area contributed by atoms with Crippen LogP contribution in [0.5, 0.6) is 5.75 Å². The number of hydrogen-bond donors (Lipinski definition) is 1. The fraction of sp³-hybridized carbons (Fsp3) is 0.533. The molecule has 1 fully saturated rings. The van der Waals surface area contributed by atoms with E-state index in [9.17, 15) is 21.6 Å². The molecule has 1 heterocycles. The first-order valence-electron chi connectivity index (χ1n) is 7.85. The van der Waals surface area contributed by atoms with Crippen molar-refractivity contribution in [2.24, 2.45) is 5.92 Å². The van der Waals surface area contributed by atoms with Gasteiger partial charge in [0, 0.05) is 6.04 Å². The van der Waals surface area contributed by atoms with E-state index in [-0.39, 0.29) is 34.7 Å². The zero-order valence-electron chi connectivity index (χ0n) is 14.5. The molecular weight excluding hydrogens is 368 g/mol. The minimum atomic E-state index is -3.94. The summed E-state index contributed by atoms with van der Waals surface area (Å²) in [6.07, 6.45) is 0. The molecule has 1 aromatic carbocycles. The van der Waals surface area contributed by atoms with Crippen LogP contribution in [-0.2, 0) is 24.8 Å². The smallest absolute Gasteiger partial charge is 0.244 e. The van der Waals surface area contributed by atoms with Gasteiger partial charge in [-0.05, 0) is 39.0 Å². The first-order valence-corrected chi connectivity index (χ1v) is 10.9. The standard InChI is InChI=1S/C15H22N2O6S2/c1-5-23-13-7-6-12(8-14(13)25(21,22)16-10(2)3)17-15(18)11(4)9-24(17,19)20/h6-8,10-11,16H,5,9H2,1-4H3. The number of benzene rings is 1. The molecular formula is C15H22N2O6S2. The Labute approximate surface area is 148 Å². The number of hydrogen-bond acceptors (Lipinski definition) is 6. The van der Waals surface area contributed by atoms with Gasteiger partial charge in [0.1, 0.15) is 10.6 Å². The lowest BCUT2D eigenvalue weighted by Gasteiger charge is -2.19. The maximum atomic E-state index is 12.6. The molecule has 0 radical (unpaired) electrons. The highest BCUT2D eigenvalue weighted by molar-refractivity contribution is 7.94. The molecule has 140 valence electrons. The monoisotopic (exact) mass is 390 g/mol. The van der Waals surface area contributed by atoms with Crippen molar-refractivity contribution in [1.29, 1.82) is 0 Å². The van der Waals surface area contributed by atoms with Crippen LogP contribution in [0.1, 0.15) is 27.7 Å². The molecule has 25 heavy (non-hydrogen) atoms. The number of carbonyl (C=O) groups is 1. The fourth-order valence-electron chi connectivity index (χ4n) is 2.57. The Morgan fingerprint density at radius 1 is 1.36 bits per heavy atom. The van der Waals surface area contributed by atoms with Gasteiger partial charge in [-0.2, -0.15) is 0 Å². The third-order valence-electron chi connectivity index (χ3n) is 3.50. The Kier molecular flexibility index (Phi) is 5.45. The second-order valence-electron chi connectivity index (χ2n) is 6.12. The van der Waals surface area contributed by atoms with Gasteiger partial charge < -0.3 is 4.74 Å². The molecule has 1 aromatic rings. The second kappa shape index (κ2) is 6.93. The van der Waals surface area contributed by atoms with Gasteiger partial charge in [0.2, 0.25) is 26.0 Å². The number of sulfonamides is 2. The van der Waals surface area contributed by atoms with Gasteiger partial charge in [-0.1, -0.05) is 6.92 Å². The highest BCUT2D eigenvalue weighted by Gasteiger charge is 2.42. The number of ether oxygens (including phenoxy) is 1. The van der Waals surface area contributed by atoms with E-state index in [4.69, 9.17) is 4.74 Å². The van der Waals surface area contributed by atoms with E-state index in [1.807, 2.05) is 0 Å². The van der Waals surface area contributed by atoms with Gasteiger partial charge in [-0.15, -0.1) is 0 Å². The highest BCUT2D eigenvalue weighted by atomic mass is 32.2. The Hall–Kier alpha value is -1.65. The van der Waals surface area contributed by atoms with Crippen LogP contribution in [0.2, 0.25) is 0 Å². The summed E-state index contributed by atoms with van der Waals surface area (Å²) in [5.74, 6) is -1.46. The minimum Gasteiger partial charge on any atom is -0.492 e. The number of rotatable bonds is 6. The van der Waals surface area contributed by atoms with E-state index in [0.29, 0.717) is 4.31 Å². The van der Waals surface area contributed by atoms with E-state index in [1.165, 1.54) is 19.1 Å². The molecule has 0 aromatic heterocycles. The molecule has 0 bridgehead atoms. The summed E-state index contributed by atoms with van der Waals surface area (Å²) < 4.78 is 58.1. The van der Waals surface area contributed by atoms with Crippen molar-refractivity contribution in [3.8, 4) is 5.75 Å². The van der Waals surface area contributed by atoms with Crippen molar-refractivity contribution in [3.05, 3.63) is 18.2 Å². The predicted octanol–water partition coefficient (Wildman–Crippen LogP) is 1.08. The van der Waals surface area contributed by atoms with E-state index in [0.717, 1.165) is 6.07 Å². The van der Waals surface area contributed by atoms with Gasteiger partial charge in [-0.25, -0.2) is 25.9 Å². The number of amides is 1. The Morgan fingerprint density at radius 2 is 2.00 bits per heavy atom. The normalized spacial score (nSPS) is 20.3. The lowest BCUT2D eigenvalue weighted by Crippen LogP contribution is -2.32. The molecule has 2 rings (SSSR count). The Balaban J connectivity index is 2.60. The zero-order chi connectivity index (χ0) is 19.0. The molecule has 1 atom stereocenters. The minimum absolute atomic E-state index is 0.0121. The molecule has 1 aliphatic heterocycles. The molecule has 8 nitrogen and oxygen atoms in total. The van der Waals surface area contributed by atoms with Gasteiger partial charge in [0.25, 0.3) is 0 Å². The van der Waals surface area contributed by atoms with Crippen LogP contribution in [0.15, 0.2) is 23.1 Å². The van der Waals surface area contributed by atoms with E-state index in [2.05, 4.69) is 4.72 Å². The molecule has 1 N–H and O–H groups in total. The molecule has 1 saturated heterocycles. The van der Waals surface area contributed by atoms with Crippen molar-refractivity contribution in [2.45, 2.75) is 38.6 Å². The summed E-state index contributed by atoms with van der Waals surface area (Å²) >= 11 is 0. The Morgan fingerprint density at radius 3 is 2.48 bits per heavy atom. The summed E-state index contributed by atoms with van der Waals surface area (Å²) in [6.45, 7) is 6.79. The predicted molar refractivity (Wildman–Crippen MR) is 93.5 cm³/mol. The molecule has 1 amide bonds. The van der Waals surface area contributed by atoms with Crippen molar-refractivity contribution in [3.63, 3.8) is 0 Å². The van der Waals surface area contributed by atoms with Crippen LogP contribution in [0.3, 0.4) is 0 Å². The van der Waals surface area contributed by atoms with E-state index < -0.39 is 31.9 Å². The summed E-state index contributed by atoms with van der Waals surface area (Å²) in [7, 11) is -7.76. The first-order chi connectivity index (χ1) is 11.5. The lowest BCUT2D eigenvalue weighted by atomic mass is 10.2. The summed E-state index contributed by atoms with van der Waals surface area (Å²) in [5.41, 5.74) is -0.0121. The molecule has 10 heteroatoms. The van der Waals surface area contributed by atoms with Crippen molar-refractivity contribution >= 4 is 31.6 Å². The SMILES string of the molecule is CCOc1ccc(N2C(=O)C(C)CS2(=O)=O)cc1S(=O)(=O)NC(C)C. The highest BCUT2D eigenvalue weighted by Crippen LogP contribution is 2.34. The zero-order valence-corrected chi connectivity index (χ0v) is 16.1. The van der Waals surface area contributed by atoms with Crippen LogP contribution in [0, 0.1) is 5.92 Å². The van der Waals surface area contributed by atoms with Crippen LogP contribution in [0.4, 0.5) is 5.69 Å². The maximum Gasteiger partial charge on any atom is 0.244 e. The molecule has 0 aliphatic carbocycles. The van der Waals surface area contributed by atoms with Crippen molar-refractivity contribution in [2.75, 3.05) is 16.7 Å². The number of carbonyl (C=O) groups excluding carboxylic acids is 1. The number of nitrogens with one attached hydrogen (secondary N) is 1. The van der Waals surface area contributed by atoms with Crippen LogP contribution < -0.4 is 13.8 Å². The van der Waals surface area contributed by atoms with Gasteiger partial charge in [-0.3, -0.25) is 4.79 Å². The summed E-state index contributed by atoms with van der Waals surface area (Å²) in [4.78, 5) is 12.0. The number of anilines is 1. The van der Waals surface area contributed by atoms with E-state index in [1.54, 1.807) is 20.8 Å². The molecule has 0 spiro atoms. The molecule has 1 unspecified atom stereocenters. The summed E-state index contributed by atoms with van der Waals surface area (Å²) in [6, 6.07) is 3.52. The molecule has 1 aliphatic rings. The second-order valence-corrected chi connectivity index (χ2v) is 9.67. The third-order valence-corrected chi connectivity index (χ3v) is 7.05. The largest absolute Gasteiger partial charge is 0.492 e. The van der Waals surface area contributed by atoms with Crippen LogP contribution in [-0.4, -0.2) is 41.1 Å². The Bertz CT molecular complexity index is 877. The average molecular weight is 390 g/mol. The van der Waals surface area contributed by atoms with Crippen LogP contribution in [0.25, 0.3) is 0 Å². The summed E-state index contributed by atoms with van der Waals surface area (Å²) in [5, 5.41) is 0. The maximum absolute atomic E-state index is 12.6. The quantitative estimate of drug-likeness (QED) is 0.778. The molecule has 0 saturated carbocycles. The van der Waals surface area contributed by atoms with Crippen molar-refractivity contribution in [1.82, 2.24) is 4.72 Å². The van der Waals surface area contributed by atoms with E-state index >= 15 is 0 Å². The van der Waals surface area contributed by atoms with Gasteiger partial charge in [0.05, 0.1) is 24.0 Å². The number of nitrogens with zero attached hydrogens (tertiary/aromatic N) is 1. The van der Waals surface area contributed by atoms with Gasteiger partial charge >= 0.3 is 0 Å². The average Bonchev–Trinajstić information content (AvgIpc) is 2.66. The lowest BCUT2D eigenvalue weighted by molar-refractivity contribution is -0.119. The first kappa shape index (κ1) is 19.7. The van der Waals surface area contributed by atoms with Gasteiger partial charge in [0.15, 0.2) is 0 Å². The fourth-order valence-corrected chi connectivity index (χ4v) is 5.80.